The number of nitrogens with zero attached hydrogens (tertiary/aromatic N) is 2. The van der Waals surface area contributed by atoms with E-state index in [0.29, 0.717) is 17.6 Å². The second kappa shape index (κ2) is 5.35. The van der Waals surface area contributed by atoms with E-state index in [1.807, 2.05) is 31.2 Å². The van der Waals surface area contributed by atoms with Gasteiger partial charge in [0, 0.05) is 18.8 Å². The number of rotatable bonds is 4. The van der Waals surface area contributed by atoms with Crippen molar-refractivity contribution in [1.82, 2.24) is 9.97 Å². The summed E-state index contributed by atoms with van der Waals surface area (Å²) in [5, 5.41) is 6.12. The lowest BCUT2D eigenvalue weighted by atomic mass is 10.2. The Kier molecular flexibility index (Phi) is 3.62. The van der Waals surface area contributed by atoms with E-state index in [1.54, 1.807) is 20.2 Å². The molecule has 0 radical (unpaired) electrons. The number of nitrogens with one attached hydrogen (secondary N) is 2. The van der Waals surface area contributed by atoms with Crippen molar-refractivity contribution in [3.05, 3.63) is 35.9 Å². The second-order valence-electron chi connectivity index (χ2n) is 3.86. The van der Waals surface area contributed by atoms with Gasteiger partial charge in [0.05, 0.1) is 7.11 Å². The summed E-state index contributed by atoms with van der Waals surface area (Å²) in [6.07, 6.45) is 0. The first-order chi connectivity index (χ1) is 8.71. The minimum Gasteiger partial charge on any atom is -0.481 e. The number of benzene rings is 1. The summed E-state index contributed by atoms with van der Waals surface area (Å²) in [6.45, 7) is 2.04. The molecule has 1 heterocycles. The van der Waals surface area contributed by atoms with Crippen LogP contribution in [0.4, 0.5) is 17.5 Å². The number of ether oxygens (including phenoxy) is 1. The zero-order valence-electron chi connectivity index (χ0n) is 10.7. The van der Waals surface area contributed by atoms with Crippen LogP contribution in [-0.2, 0) is 0 Å². The van der Waals surface area contributed by atoms with Gasteiger partial charge in [0.2, 0.25) is 11.8 Å². The van der Waals surface area contributed by atoms with Crippen molar-refractivity contribution in [1.29, 1.82) is 0 Å². The Bertz CT molecular complexity index is 520. The van der Waals surface area contributed by atoms with Crippen LogP contribution in [0.15, 0.2) is 30.3 Å². The molecule has 5 nitrogen and oxygen atoms in total. The molecule has 0 saturated carbocycles. The molecule has 2 N–H and O–H groups in total. The first-order valence-electron chi connectivity index (χ1n) is 5.66. The molecule has 0 aliphatic carbocycles. The fraction of sp³-hybridized carbons (Fsp3) is 0.231. The van der Waals surface area contributed by atoms with E-state index in [4.69, 9.17) is 4.74 Å². The van der Waals surface area contributed by atoms with Gasteiger partial charge in [-0.3, -0.25) is 0 Å². The van der Waals surface area contributed by atoms with E-state index in [0.717, 1.165) is 5.69 Å². The van der Waals surface area contributed by atoms with Crippen LogP contribution in [0.25, 0.3) is 0 Å². The van der Waals surface area contributed by atoms with Crippen LogP contribution in [0, 0.1) is 6.92 Å². The summed E-state index contributed by atoms with van der Waals surface area (Å²) in [5.41, 5.74) is 2.13. The maximum Gasteiger partial charge on any atom is 0.232 e. The van der Waals surface area contributed by atoms with Gasteiger partial charge in [0.1, 0.15) is 5.82 Å². The maximum absolute atomic E-state index is 5.13. The van der Waals surface area contributed by atoms with E-state index in [9.17, 15) is 0 Å². The van der Waals surface area contributed by atoms with E-state index < -0.39 is 0 Å². The van der Waals surface area contributed by atoms with Crippen molar-refractivity contribution in [2.45, 2.75) is 6.92 Å². The summed E-state index contributed by atoms with van der Waals surface area (Å²) < 4.78 is 5.13. The number of aromatic nitrogens is 2. The quantitative estimate of drug-likeness (QED) is 0.865. The second-order valence-corrected chi connectivity index (χ2v) is 3.86. The molecule has 2 aromatic rings. The predicted molar refractivity (Wildman–Crippen MR) is 72.6 cm³/mol. The van der Waals surface area contributed by atoms with E-state index in [2.05, 4.69) is 20.6 Å². The molecule has 2 rings (SSSR count). The molecule has 1 aromatic carbocycles. The summed E-state index contributed by atoms with van der Waals surface area (Å²) >= 11 is 0. The molecular formula is C13H16N4O. The molecule has 1 aromatic heterocycles. The summed E-state index contributed by atoms with van der Waals surface area (Å²) in [7, 11) is 3.39. The minimum absolute atomic E-state index is 0.504. The lowest BCUT2D eigenvalue weighted by Crippen LogP contribution is -2.02. The van der Waals surface area contributed by atoms with Crippen molar-refractivity contribution in [2.24, 2.45) is 0 Å². The normalized spacial score (nSPS) is 9.94. The Morgan fingerprint density at radius 3 is 2.67 bits per heavy atom. The maximum atomic E-state index is 5.13. The van der Waals surface area contributed by atoms with Crippen LogP contribution in [0.3, 0.4) is 0 Å². The predicted octanol–water partition coefficient (Wildman–Crippen LogP) is 2.58. The van der Waals surface area contributed by atoms with E-state index in [-0.39, 0.29) is 0 Å². The molecule has 0 aliphatic heterocycles. The average molecular weight is 244 g/mol. The molecule has 5 heteroatoms. The van der Waals surface area contributed by atoms with Crippen LogP contribution in [0.1, 0.15) is 5.56 Å². The summed E-state index contributed by atoms with van der Waals surface area (Å²) in [4.78, 5) is 8.55. The molecule has 0 amide bonds. The van der Waals surface area contributed by atoms with Gasteiger partial charge < -0.3 is 15.4 Å². The molecular weight excluding hydrogens is 228 g/mol. The van der Waals surface area contributed by atoms with Crippen molar-refractivity contribution in [3.63, 3.8) is 0 Å². The van der Waals surface area contributed by atoms with Gasteiger partial charge in [-0.25, -0.2) is 0 Å². The standard InChI is InChI=1S/C13H16N4O/c1-9-5-4-6-10(7-9)15-13-16-11(14-2)8-12(17-13)18-3/h4-8H,1-3H3,(H2,14,15,16,17). The Morgan fingerprint density at radius 2 is 2.00 bits per heavy atom. The molecule has 0 bridgehead atoms. The topological polar surface area (TPSA) is 59.1 Å². The number of hydrogen-bond donors (Lipinski definition) is 2. The average Bonchev–Trinajstić information content (AvgIpc) is 2.38. The molecule has 0 spiro atoms. The van der Waals surface area contributed by atoms with Gasteiger partial charge in [0.25, 0.3) is 0 Å². The molecule has 0 atom stereocenters. The van der Waals surface area contributed by atoms with Crippen LogP contribution < -0.4 is 15.4 Å². The lowest BCUT2D eigenvalue weighted by molar-refractivity contribution is 0.398. The monoisotopic (exact) mass is 244 g/mol. The van der Waals surface area contributed by atoms with Gasteiger partial charge >= 0.3 is 0 Å². The summed E-state index contributed by atoms with van der Waals surface area (Å²) in [6, 6.07) is 9.76. The van der Waals surface area contributed by atoms with E-state index in [1.165, 1.54) is 5.56 Å². The Hall–Kier alpha value is -2.30. The lowest BCUT2D eigenvalue weighted by Gasteiger charge is -2.09. The highest BCUT2D eigenvalue weighted by atomic mass is 16.5. The molecule has 0 fully saturated rings. The first-order valence-corrected chi connectivity index (χ1v) is 5.66. The van der Waals surface area contributed by atoms with Gasteiger partial charge in [-0.1, -0.05) is 12.1 Å². The highest BCUT2D eigenvalue weighted by Gasteiger charge is 2.04. The van der Waals surface area contributed by atoms with Gasteiger partial charge in [0.15, 0.2) is 0 Å². The molecule has 94 valence electrons. The van der Waals surface area contributed by atoms with Crippen LogP contribution in [-0.4, -0.2) is 24.1 Å². The largest absolute Gasteiger partial charge is 0.481 e. The minimum atomic E-state index is 0.504. The van der Waals surface area contributed by atoms with Gasteiger partial charge in [-0.2, -0.15) is 9.97 Å². The highest BCUT2D eigenvalue weighted by Crippen LogP contribution is 2.19. The van der Waals surface area contributed by atoms with Crippen LogP contribution in [0.2, 0.25) is 0 Å². The Labute approximate surface area is 106 Å². The Balaban J connectivity index is 2.28. The number of methoxy groups -OCH3 is 1. The third-order valence-corrected chi connectivity index (χ3v) is 2.44. The third-order valence-electron chi connectivity index (χ3n) is 2.44. The fourth-order valence-electron chi connectivity index (χ4n) is 1.57. The number of hydrogen-bond acceptors (Lipinski definition) is 5. The van der Waals surface area contributed by atoms with Crippen molar-refractivity contribution < 1.29 is 4.74 Å². The number of aryl methyl sites for hydroxylation is 1. The van der Waals surface area contributed by atoms with Crippen LogP contribution >= 0.6 is 0 Å². The zero-order valence-corrected chi connectivity index (χ0v) is 10.7. The third kappa shape index (κ3) is 2.88. The summed E-state index contributed by atoms with van der Waals surface area (Å²) in [5.74, 6) is 1.73. The van der Waals surface area contributed by atoms with Crippen molar-refractivity contribution >= 4 is 17.5 Å². The van der Waals surface area contributed by atoms with Crippen molar-refractivity contribution in [2.75, 3.05) is 24.8 Å². The smallest absolute Gasteiger partial charge is 0.232 e. The van der Waals surface area contributed by atoms with Gasteiger partial charge in [-0.05, 0) is 24.6 Å². The molecule has 0 saturated heterocycles. The molecule has 18 heavy (non-hydrogen) atoms. The SMILES string of the molecule is CNc1cc(OC)nc(Nc2cccc(C)c2)n1. The highest BCUT2D eigenvalue weighted by molar-refractivity contribution is 5.56. The van der Waals surface area contributed by atoms with Gasteiger partial charge in [-0.15, -0.1) is 0 Å². The Morgan fingerprint density at radius 1 is 1.17 bits per heavy atom. The zero-order chi connectivity index (χ0) is 13.0. The van der Waals surface area contributed by atoms with Crippen molar-refractivity contribution in [3.8, 4) is 5.88 Å². The van der Waals surface area contributed by atoms with E-state index >= 15 is 0 Å². The molecule has 0 unspecified atom stereocenters. The first kappa shape index (κ1) is 12.2. The fourth-order valence-corrected chi connectivity index (χ4v) is 1.57. The molecule has 0 aliphatic rings. The number of anilines is 3. The van der Waals surface area contributed by atoms with Crippen LogP contribution in [0.5, 0.6) is 5.88 Å².